The second kappa shape index (κ2) is 2.46. The van der Waals surface area contributed by atoms with E-state index in [-0.39, 0.29) is 0 Å². The van der Waals surface area contributed by atoms with E-state index < -0.39 is 0 Å². The smallest absolute Gasteiger partial charge is 0.233 e. The van der Waals surface area contributed by atoms with Gasteiger partial charge in [-0.2, -0.15) is 0 Å². The standard InChI is InChI=1S/C6H6ClN3S/c1-4-9-6-8-3-5(2-7)10(6)11-4/h3H,2H2,1H3. The highest BCUT2D eigenvalue weighted by molar-refractivity contribution is 7.06. The number of aryl methyl sites for hydroxylation is 1. The molecule has 0 aliphatic heterocycles. The summed E-state index contributed by atoms with van der Waals surface area (Å²) in [6.07, 6.45) is 1.76. The van der Waals surface area contributed by atoms with Gasteiger partial charge >= 0.3 is 0 Å². The number of hydrogen-bond acceptors (Lipinski definition) is 3. The third-order valence-corrected chi connectivity index (χ3v) is 2.60. The van der Waals surface area contributed by atoms with Crippen LogP contribution in [-0.2, 0) is 5.88 Å². The Morgan fingerprint density at radius 1 is 1.73 bits per heavy atom. The van der Waals surface area contributed by atoms with Crippen LogP contribution in [-0.4, -0.2) is 13.8 Å². The number of fused-ring (bicyclic) bond motifs is 1. The Morgan fingerprint density at radius 3 is 3.27 bits per heavy atom. The lowest BCUT2D eigenvalue weighted by Gasteiger charge is -1.85. The van der Waals surface area contributed by atoms with Crippen molar-refractivity contribution in [3.63, 3.8) is 0 Å². The Balaban J connectivity index is 2.73. The monoisotopic (exact) mass is 187 g/mol. The number of aromatic nitrogens is 3. The Bertz CT molecular complexity index is 378. The molecule has 5 heteroatoms. The molecule has 0 bridgehead atoms. The molecule has 0 radical (unpaired) electrons. The number of hydrogen-bond donors (Lipinski definition) is 0. The predicted molar refractivity (Wildman–Crippen MR) is 45.2 cm³/mol. The molecule has 2 aromatic rings. The Labute approximate surface area is 72.8 Å². The quantitative estimate of drug-likeness (QED) is 0.638. The van der Waals surface area contributed by atoms with E-state index in [1.807, 2.05) is 10.7 Å². The summed E-state index contributed by atoms with van der Waals surface area (Å²) in [6, 6.07) is 0. The molecule has 2 rings (SSSR count). The minimum atomic E-state index is 0.489. The number of nitrogens with zero attached hydrogens (tertiary/aromatic N) is 3. The lowest BCUT2D eigenvalue weighted by Crippen LogP contribution is -1.80. The van der Waals surface area contributed by atoms with Crippen molar-refractivity contribution in [1.29, 1.82) is 0 Å². The summed E-state index contributed by atoms with van der Waals surface area (Å²) in [6.45, 7) is 1.96. The van der Waals surface area contributed by atoms with Gasteiger partial charge in [-0.25, -0.2) is 13.8 Å². The lowest BCUT2D eigenvalue weighted by molar-refractivity contribution is 1.18. The highest BCUT2D eigenvalue weighted by Gasteiger charge is 2.05. The number of halogens is 1. The highest BCUT2D eigenvalue weighted by Crippen LogP contribution is 2.13. The first kappa shape index (κ1) is 7.06. The van der Waals surface area contributed by atoms with Gasteiger partial charge in [0.05, 0.1) is 17.8 Å². The van der Waals surface area contributed by atoms with Gasteiger partial charge < -0.3 is 0 Å². The van der Waals surface area contributed by atoms with Gasteiger partial charge in [0.2, 0.25) is 5.78 Å². The van der Waals surface area contributed by atoms with Crippen LogP contribution in [0.3, 0.4) is 0 Å². The van der Waals surface area contributed by atoms with Crippen LogP contribution in [0.5, 0.6) is 0 Å². The van der Waals surface area contributed by atoms with Crippen LogP contribution in [0.4, 0.5) is 0 Å². The zero-order valence-electron chi connectivity index (χ0n) is 5.91. The Kier molecular flexibility index (Phi) is 1.58. The first-order valence-corrected chi connectivity index (χ1v) is 4.48. The Morgan fingerprint density at radius 2 is 2.55 bits per heavy atom. The summed E-state index contributed by atoms with van der Waals surface area (Å²) in [5.41, 5.74) is 1.01. The van der Waals surface area contributed by atoms with Crippen molar-refractivity contribution in [2.24, 2.45) is 0 Å². The molecule has 11 heavy (non-hydrogen) atoms. The van der Waals surface area contributed by atoms with Crippen LogP contribution in [0.1, 0.15) is 10.7 Å². The van der Waals surface area contributed by atoms with E-state index >= 15 is 0 Å². The lowest BCUT2D eigenvalue weighted by atomic mass is 10.6. The maximum atomic E-state index is 5.67. The van der Waals surface area contributed by atoms with E-state index in [1.165, 1.54) is 0 Å². The summed E-state index contributed by atoms with van der Waals surface area (Å²) in [5.74, 6) is 1.24. The van der Waals surface area contributed by atoms with Crippen LogP contribution in [0.15, 0.2) is 6.20 Å². The zero-order chi connectivity index (χ0) is 7.84. The number of imidazole rings is 1. The summed E-state index contributed by atoms with van der Waals surface area (Å²) >= 11 is 7.24. The first-order valence-electron chi connectivity index (χ1n) is 3.17. The summed E-state index contributed by atoms with van der Waals surface area (Å²) in [4.78, 5) is 8.28. The molecule has 0 atom stereocenters. The molecule has 0 aliphatic rings. The van der Waals surface area contributed by atoms with E-state index in [2.05, 4.69) is 9.97 Å². The van der Waals surface area contributed by atoms with E-state index in [1.54, 1.807) is 17.7 Å². The van der Waals surface area contributed by atoms with Crippen LogP contribution < -0.4 is 0 Å². The normalized spacial score (nSPS) is 11.1. The molecule has 0 aromatic carbocycles. The molecule has 0 fully saturated rings. The predicted octanol–water partition coefficient (Wildman–Crippen LogP) is 1.84. The average Bonchev–Trinajstić information content (AvgIpc) is 2.45. The molecular formula is C6H6ClN3S. The fraction of sp³-hybridized carbons (Fsp3) is 0.333. The summed E-state index contributed by atoms with van der Waals surface area (Å²) in [5, 5.41) is 1.01. The van der Waals surface area contributed by atoms with Gasteiger partial charge in [0, 0.05) is 0 Å². The average molecular weight is 188 g/mol. The third kappa shape index (κ3) is 1.02. The van der Waals surface area contributed by atoms with Crippen LogP contribution >= 0.6 is 23.1 Å². The van der Waals surface area contributed by atoms with E-state index in [4.69, 9.17) is 11.6 Å². The fourth-order valence-corrected chi connectivity index (χ4v) is 1.97. The van der Waals surface area contributed by atoms with Crippen molar-refractivity contribution in [3.05, 3.63) is 16.9 Å². The molecule has 0 unspecified atom stereocenters. The van der Waals surface area contributed by atoms with Crippen LogP contribution in [0.25, 0.3) is 5.78 Å². The molecule has 0 N–H and O–H groups in total. The maximum Gasteiger partial charge on any atom is 0.244 e. The first-order chi connectivity index (χ1) is 5.31. The zero-order valence-corrected chi connectivity index (χ0v) is 7.48. The molecule has 0 saturated heterocycles. The van der Waals surface area contributed by atoms with Crippen molar-refractivity contribution < 1.29 is 0 Å². The van der Waals surface area contributed by atoms with Gasteiger partial charge in [0.25, 0.3) is 0 Å². The van der Waals surface area contributed by atoms with Gasteiger partial charge in [0.15, 0.2) is 0 Å². The topological polar surface area (TPSA) is 30.2 Å². The van der Waals surface area contributed by atoms with E-state index in [9.17, 15) is 0 Å². The minimum Gasteiger partial charge on any atom is -0.233 e. The molecule has 0 aliphatic carbocycles. The van der Waals surface area contributed by atoms with Crippen molar-refractivity contribution in [2.45, 2.75) is 12.8 Å². The summed E-state index contributed by atoms with van der Waals surface area (Å²) < 4.78 is 1.95. The molecule has 0 amide bonds. The second-order valence-electron chi connectivity index (χ2n) is 2.20. The fourth-order valence-electron chi connectivity index (χ4n) is 0.921. The SMILES string of the molecule is Cc1nc2ncc(CCl)n2s1. The molecule has 2 heterocycles. The molecule has 3 nitrogen and oxygen atoms in total. The molecule has 58 valence electrons. The maximum absolute atomic E-state index is 5.67. The highest BCUT2D eigenvalue weighted by atomic mass is 35.5. The van der Waals surface area contributed by atoms with Gasteiger partial charge in [-0.15, -0.1) is 11.6 Å². The van der Waals surface area contributed by atoms with E-state index in [0.717, 1.165) is 16.5 Å². The molecule has 0 saturated carbocycles. The van der Waals surface area contributed by atoms with Crippen molar-refractivity contribution >= 4 is 28.9 Å². The van der Waals surface area contributed by atoms with Gasteiger partial charge in [-0.1, -0.05) is 0 Å². The Hall–Kier alpha value is -0.610. The largest absolute Gasteiger partial charge is 0.244 e. The van der Waals surface area contributed by atoms with Crippen LogP contribution in [0.2, 0.25) is 0 Å². The molecule has 0 spiro atoms. The minimum absolute atomic E-state index is 0.489. The van der Waals surface area contributed by atoms with Crippen molar-refractivity contribution in [3.8, 4) is 0 Å². The number of alkyl halides is 1. The molecule has 2 aromatic heterocycles. The number of rotatable bonds is 1. The van der Waals surface area contributed by atoms with Gasteiger partial charge in [0.1, 0.15) is 5.01 Å². The third-order valence-electron chi connectivity index (χ3n) is 1.39. The second-order valence-corrected chi connectivity index (χ2v) is 3.61. The van der Waals surface area contributed by atoms with Crippen LogP contribution in [0, 0.1) is 6.92 Å². The van der Waals surface area contributed by atoms with Gasteiger partial charge in [-0.05, 0) is 18.5 Å². The van der Waals surface area contributed by atoms with Crippen molar-refractivity contribution in [2.75, 3.05) is 0 Å². The molecular weight excluding hydrogens is 182 g/mol. The van der Waals surface area contributed by atoms with Crippen molar-refractivity contribution in [1.82, 2.24) is 13.8 Å². The van der Waals surface area contributed by atoms with Gasteiger partial charge in [-0.3, -0.25) is 0 Å². The van der Waals surface area contributed by atoms with E-state index in [0.29, 0.717) is 5.88 Å². The summed E-state index contributed by atoms with van der Waals surface area (Å²) in [7, 11) is 0.